The third-order valence-electron chi connectivity index (χ3n) is 4.32. The van der Waals surface area contributed by atoms with Gasteiger partial charge < -0.3 is 9.47 Å². The van der Waals surface area contributed by atoms with Crippen LogP contribution in [0.4, 0.5) is 0 Å². The van der Waals surface area contributed by atoms with E-state index in [-0.39, 0.29) is 68.9 Å². The van der Waals surface area contributed by atoms with Crippen molar-refractivity contribution >= 4 is 79.4 Å². The van der Waals surface area contributed by atoms with Crippen LogP contribution in [0, 0.1) is 0 Å². The van der Waals surface area contributed by atoms with Crippen LogP contribution in [0.3, 0.4) is 0 Å². The van der Waals surface area contributed by atoms with Gasteiger partial charge in [-0.25, -0.2) is 0 Å². The maximum absolute atomic E-state index is 11.0. The fourth-order valence-electron chi connectivity index (χ4n) is 2.71. The third-order valence-corrected chi connectivity index (χ3v) is 6.06. The van der Waals surface area contributed by atoms with Gasteiger partial charge in [-0.05, 0) is 61.4 Å². The van der Waals surface area contributed by atoms with E-state index in [9.17, 15) is 16.8 Å². The standard InChI is InChI=1S/C20H26O8S2.2Na/c21-29(22,23)19-11-7-17(8-12-19)27-15-5-3-1-2-4-6-16-28-18-9-13-20(14-10-18)30(24,25)26;;/h7-14H,1-6,15-16H2,(H,21,22,23)(H,24,25,26);;. The predicted octanol–water partition coefficient (Wildman–Crippen LogP) is 3.22. The number of rotatable bonds is 13. The van der Waals surface area contributed by atoms with Crippen molar-refractivity contribution in [2.24, 2.45) is 0 Å². The fraction of sp³-hybridized carbons (Fsp3) is 0.400. The number of ether oxygens (including phenoxy) is 2. The van der Waals surface area contributed by atoms with Gasteiger partial charge in [0, 0.05) is 59.1 Å². The van der Waals surface area contributed by atoms with Gasteiger partial charge in [0.25, 0.3) is 20.2 Å². The van der Waals surface area contributed by atoms with Gasteiger partial charge in [0.1, 0.15) is 11.5 Å². The van der Waals surface area contributed by atoms with Crippen LogP contribution >= 0.6 is 0 Å². The zero-order valence-corrected chi connectivity index (χ0v) is 24.1. The minimum atomic E-state index is -4.18. The van der Waals surface area contributed by atoms with Crippen molar-refractivity contribution in [3.05, 3.63) is 48.5 Å². The van der Waals surface area contributed by atoms with Gasteiger partial charge in [-0.1, -0.05) is 25.7 Å². The van der Waals surface area contributed by atoms with Crippen LogP contribution in [0.25, 0.3) is 0 Å². The first-order valence-electron chi connectivity index (χ1n) is 9.57. The van der Waals surface area contributed by atoms with Crippen LogP contribution in [0.2, 0.25) is 0 Å². The maximum atomic E-state index is 11.0. The fourth-order valence-corrected chi connectivity index (χ4v) is 3.67. The minimum Gasteiger partial charge on any atom is -0.494 e. The summed E-state index contributed by atoms with van der Waals surface area (Å²) in [5, 5.41) is 0. The van der Waals surface area contributed by atoms with Crippen molar-refractivity contribution < 1.29 is 35.4 Å². The Bertz CT molecular complexity index is 909. The van der Waals surface area contributed by atoms with E-state index in [1.165, 1.54) is 48.5 Å². The van der Waals surface area contributed by atoms with Crippen molar-refractivity contribution in [3.8, 4) is 11.5 Å². The van der Waals surface area contributed by atoms with Crippen molar-refractivity contribution in [2.45, 2.75) is 48.3 Å². The van der Waals surface area contributed by atoms with Crippen LogP contribution in [0.15, 0.2) is 58.3 Å². The van der Waals surface area contributed by atoms with Gasteiger partial charge in [-0.3, -0.25) is 9.11 Å². The van der Waals surface area contributed by atoms with E-state index >= 15 is 0 Å². The molecule has 0 aromatic heterocycles. The van der Waals surface area contributed by atoms with Gasteiger partial charge in [0.15, 0.2) is 0 Å². The quantitative estimate of drug-likeness (QED) is 0.242. The molecule has 32 heavy (non-hydrogen) atoms. The summed E-state index contributed by atoms with van der Waals surface area (Å²) in [4.78, 5) is -0.317. The largest absolute Gasteiger partial charge is 0.494 e. The maximum Gasteiger partial charge on any atom is 0.294 e. The zero-order valence-electron chi connectivity index (χ0n) is 18.4. The van der Waals surface area contributed by atoms with Crippen LogP contribution in [-0.4, -0.2) is 98.3 Å². The van der Waals surface area contributed by atoms with E-state index in [4.69, 9.17) is 18.6 Å². The Labute approximate surface area is 234 Å². The molecule has 2 rings (SSSR count). The number of benzene rings is 2. The summed E-state index contributed by atoms with van der Waals surface area (Å²) in [5.74, 6) is 1.12. The molecule has 0 aliphatic rings. The Morgan fingerprint density at radius 2 is 0.812 bits per heavy atom. The Balaban J connectivity index is 0.00000480. The molecule has 2 aromatic carbocycles. The molecule has 2 N–H and O–H groups in total. The summed E-state index contributed by atoms with van der Waals surface area (Å²) in [6, 6.07) is 11.3. The average molecular weight is 505 g/mol. The Morgan fingerprint density at radius 1 is 0.531 bits per heavy atom. The SMILES string of the molecule is O=S(=O)(O)c1ccc(OCCCCCCCCOc2ccc(S(=O)(=O)O)cc2)cc1.[Na].[Na]. The second kappa shape index (κ2) is 15.7. The van der Waals surface area contributed by atoms with Gasteiger partial charge in [0.05, 0.1) is 23.0 Å². The third kappa shape index (κ3) is 12.4. The number of hydrogen-bond donors (Lipinski definition) is 2. The van der Waals surface area contributed by atoms with Gasteiger partial charge in [-0.2, -0.15) is 16.8 Å². The van der Waals surface area contributed by atoms with E-state index < -0.39 is 20.2 Å². The molecule has 12 heteroatoms. The van der Waals surface area contributed by atoms with Gasteiger partial charge in [0.2, 0.25) is 0 Å². The monoisotopic (exact) mass is 504 g/mol. The smallest absolute Gasteiger partial charge is 0.294 e. The molecule has 0 bridgehead atoms. The molecule has 168 valence electrons. The summed E-state index contributed by atoms with van der Waals surface area (Å²) in [5.41, 5.74) is 0. The molecule has 2 aromatic rings. The molecule has 8 nitrogen and oxygen atoms in total. The van der Waals surface area contributed by atoms with Gasteiger partial charge >= 0.3 is 0 Å². The Hall–Kier alpha value is -0.140. The molecule has 0 aliphatic heterocycles. The van der Waals surface area contributed by atoms with Crippen LogP contribution < -0.4 is 9.47 Å². The van der Waals surface area contributed by atoms with Crippen LogP contribution in [0.1, 0.15) is 38.5 Å². The average Bonchev–Trinajstić information content (AvgIpc) is 2.69. The first-order valence-corrected chi connectivity index (χ1v) is 12.4. The molecule has 0 atom stereocenters. The number of hydrogen-bond acceptors (Lipinski definition) is 6. The molecule has 0 saturated heterocycles. The van der Waals surface area contributed by atoms with E-state index in [1.807, 2.05) is 0 Å². The van der Waals surface area contributed by atoms with E-state index in [0.29, 0.717) is 24.7 Å². The van der Waals surface area contributed by atoms with Crippen molar-refractivity contribution in [2.75, 3.05) is 13.2 Å². The summed E-state index contributed by atoms with van der Waals surface area (Å²) >= 11 is 0. The molecule has 0 spiro atoms. The Kier molecular flexibility index (Phi) is 15.6. The van der Waals surface area contributed by atoms with E-state index in [2.05, 4.69) is 0 Å². The first kappa shape index (κ1) is 31.9. The molecule has 0 aliphatic carbocycles. The molecule has 2 radical (unpaired) electrons. The second-order valence-electron chi connectivity index (χ2n) is 6.71. The van der Waals surface area contributed by atoms with Crippen molar-refractivity contribution in [3.63, 3.8) is 0 Å². The molecule has 0 saturated carbocycles. The summed E-state index contributed by atoms with van der Waals surface area (Å²) in [7, 11) is -8.36. The van der Waals surface area contributed by atoms with Gasteiger partial charge in [-0.15, -0.1) is 0 Å². The molecule has 0 heterocycles. The molecular formula is C20H26Na2O8S2. The van der Waals surface area contributed by atoms with Crippen molar-refractivity contribution in [1.29, 1.82) is 0 Å². The zero-order chi connectivity index (χ0) is 22.0. The molecule has 0 unspecified atom stereocenters. The topological polar surface area (TPSA) is 127 Å². The number of unbranched alkanes of at least 4 members (excludes halogenated alkanes) is 5. The van der Waals surface area contributed by atoms with Crippen LogP contribution in [-0.2, 0) is 20.2 Å². The van der Waals surface area contributed by atoms with E-state index in [0.717, 1.165) is 38.5 Å². The molecule has 0 fully saturated rings. The van der Waals surface area contributed by atoms with Crippen LogP contribution in [0.5, 0.6) is 11.5 Å². The predicted molar refractivity (Wildman–Crippen MR) is 123 cm³/mol. The Morgan fingerprint density at radius 3 is 1.09 bits per heavy atom. The molecule has 0 amide bonds. The minimum absolute atomic E-state index is 0. The van der Waals surface area contributed by atoms with E-state index in [1.54, 1.807) is 0 Å². The van der Waals surface area contributed by atoms with Crippen molar-refractivity contribution in [1.82, 2.24) is 0 Å². The second-order valence-corrected chi connectivity index (χ2v) is 9.55. The summed E-state index contributed by atoms with van der Waals surface area (Å²) in [6.07, 6.45) is 5.93. The molecular weight excluding hydrogens is 478 g/mol. The summed E-state index contributed by atoms with van der Waals surface area (Å²) in [6.45, 7) is 1.07. The summed E-state index contributed by atoms with van der Waals surface area (Å²) < 4.78 is 72.8. The first-order chi connectivity index (χ1) is 14.2. The normalized spacial score (nSPS) is 11.2.